The molecule has 0 aliphatic heterocycles. The van der Waals surface area contributed by atoms with Crippen molar-refractivity contribution in [2.24, 2.45) is 0 Å². The molecule has 0 bridgehead atoms. The highest BCUT2D eigenvalue weighted by Crippen LogP contribution is 2.22. The van der Waals surface area contributed by atoms with Crippen molar-refractivity contribution in [1.82, 2.24) is 0 Å². The van der Waals surface area contributed by atoms with Gasteiger partial charge < -0.3 is 18.7 Å². The lowest BCUT2D eigenvalue weighted by Crippen LogP contribution is -2.30. The Morgan fingerprint density at radius 1 is 0.615 bits per heavy atom. The predicted molar refractivity (Wildman–Crippen MR) is 116 cm³/mol. The Labute approximate surface area is 161 Å². The molecule has 6 heteroatoms. The molecule has 0 aliphatic rings. The van der Waals surface area contributed by atoms with E-state index in [1.807, 2.05) is 24.3 Å². The number of rotatable bonds is 5. The van der Waals surface area contributed by atoms with Crippen LogP contribution in [0.1, 0.15) is 7.43 Å². The average Bonchev–Trinajstić information content (AvgIpc) is 2.48. The van der Waals surface area contributed by atoms with Crippen LogP contribution in [0.25, 0.3) is 0 Å². The highest BCUT2D eigenvalue weighted by molar-refractivity contribution is 6.70. The van der Waals surface area contributed by atoms with Gasteiger partial charge in [-0.2, -0.15) is 0 Å². The van der Waals surface area contributed by atoms with Gasteiger partial charge in [0, 0.05) is 0 Å². The molecule has 2 aromatic rings. The van der Waals surface area contributed by atoms with Gasteiger partial charge in [0.25, 0.3) is 0 Å². The van der Waals surface area contributed by atoms with E-state index in [0.717, 1.165) is 17.2 Å². The fraction of sp³-hybridized carbons (Fsp3) is 0.400. The molecule has 0 atom stereocenters. The van der Waals surface area contributed by atoms with Crippen molar-refractivity contribution >= 4 is 16.6 Å². The molecule has 1 N–H and O–H groups in total. The third-order valence-electron chi connectivity index (χ3n) is 2.74. The van der Waals surface area contributed by atoms with Crippen LogP contribution in [0.15, 0.2) is 48.5 Å². The van der Waals surface area contributed by atoms with Crippen molar-refractivity contribution in [1.29, 1.82) is 0 Å². The molecule has 0 saturated carbocycles. The van der Waals surface area contributed by atoms with Crippen LogP contribution in [0.3, 0.4) is 0 Å². The minimum absolute atomic E-state index is 0. The molecule has 2 aromatic carbocycles. The zero-order valence-corrected chi connectivity index (χ0v) is 18.3. The maximum Gasteiger partial charge on any atom is 0.242 e. The summed E-state index contributed by atoms with van der Waals surface area (Å²) < 4.78 is 16.6. The number of aromatic hydroxyl groups is 1. The molecule has 0 heterocycles. The number of hydrogen-bond acceptors (Lipinski definition) is 4. The lowest BCUT2D eigenvalue weighted by atomic mass is 10.3. The fourth-order valence-electron chi connectivity index (χ4n) is 1.87. The summed E-state index contributed by atoms with van der Waals surface area (Å²) in [5.74, 6) is 2.91. The first kappa shape index (κ1) is 24.1. The van der Waals surface area contributed by atoms with Gasteiger partial charge in [0.2, 0.25) is 16.6 Å². The molecule has 26 heavy (non-hydrogen) atoms. The Kier molecular flexibility index (Phi) is 9.52. The molecular formula is C20H34O4Si2. The largest absolute Gasteiger partial charge is 0.544 e. The summed E-state index contributed by atoms with van der Waals surface area (Å²) in [6.45, 7) is 13.1. The van der Waals surface area contributed by atoms with Crippen molar-refractivity contribution < 1.29 is 18.7 Å². The summed E-state index contributed by atoms with van der Waals surface area (Å²) in [6, 6.07) is 14.5. The molecule has 146 valence electrons. The van der Waals surface area contributed by atoms with Crippen molar-refractivity contribution in [2.45, 2.75) is 46.7 Å². The van der Waals surface area contributed by atoms with E-state index < -0.39 is 16.6 Å². The van der Waals surface area contributed by atoms with E-state index in [1.54, 1.807) is 31.4 Å². The van der Waals surface area contributed by atoms with Gasteiger partial charge in [-0.05, 0) is 87.8 Å². The lowest BCUT2D eigenvalue weighted by Gasteiger charge is -2.21. The van der Waals surface area contributed by atoms with Gasteiger partial charge in [-0.3, -0.25) is 0 Å². The highest BCUT2D eigenvalue weighted by atomic mass is 28.4. The van der Waals surface area contributed by atoms with Gasteiger partial charge in [-0.25, -0.2) is 0 Å². The third kappa shape index (κ3) is 10.8. The first-order chi connectivity index (χ1) is 11.5. The van der Waals surface area contributed by atoms with Gasteiger partial charge in [0.15, 0.2) is 0 Å². The summed E-state index contributed by atoms with van der Waals surface area (Å²) >= 11 is 0. The van der Waals surface area contributed by atoms with Gasteiger partial charge in [-0.1, -0.05) is 7.43 Å². The summed E-state index contributed by atoms with van der Waals surface area (Å²) in [6.07, 6.45) is 0. The zero-order chi connectivity index (χ0) is 19.1. The standard InChI is InChI=1S/C12H22O2Si2.C7H8O2.CH4/c1-15(2,3)13-11-7-9-12(10-8-11)14-16(4,5)6;1-9-7-4-2-6(8)3-5-7;/h7-10H,1-6H3;2-5,8H,1H3;1H4. The Bertz CT molecular complexity index is 592. The van der Waals surface area contributed by atoms with E-state index in [1.165, 1.54) is 0 Å². The molecule has 4 nitrogen and oxygen atoms in total. The van der Waals surface area contributed by atoms with E-state index in [0.29, 0.717) is 0 Å². The minimum Gasteiger partial charge on any atom is -0.544 e. The number of hydrogen-bond donors (Lipinski definition) is 1. The summed E-state index contributed by atoms with van der Waals surface area (Å²) in [5, 5.41) is 8.80. The topological polar surface area (TPSA) is 47.9 Å². The van der Waals surface area contributed by atoms with Gasteiger partial charge in [-0.15, -0.1) is 0 Å². The van der Waals surface area contributed by atoms with E-state index in [4.69, 9.17) is 18.7 Å². The maximum atomic E-state index is 8.80. The van der Waals surface area contributed by atoms with Gasteiger partial charge >= 0.3 is 0 Å². The van der Waals surface area contributed by atoms with E-state index in [2.05, 4.69) is 39.3 Å². The molecule has 0 aliphatic carbocycles. The maximum absolute atomic E-state index is 8.80. The van der Waals surface area contributed by atoms with Crippen LogP contribution in [0.5, 0.6) is 23.0 Å². The molecule has 0 radical (unpaired) electrons. The van der Waals surface area contributed by atoms with Crippen molar-refractivity contribution in [3.63, 3.8) is 0 Å². The first-order valence-electron chi connectivity index (χ1n) is 8.30. The van der Waals surface area contributed by atoms with E-state index in [-0.39, 0.29) is 13.2 Å². The Morgan fingerprint density at radius 2 is 0.923 bits per heavy atom. The fourth-order valence-corrected chi connectivity index (χ4v) is 3.55. The lowest BCUT2D eigenvalue weighted by molar-refractivity contribution is 0.412. The Morgan fingerprint density at radius 3 is 1.19 bits per heavy atom. The summed E-state index contributed by atoms with van der Waals surface area (Å²) in [5.41, 5.74) is 0. The number of ether oxygens (including phenoxy) is 1. The predicted octanol–water partition coefficient (Wildman–Crippen LogP) is 6.15. The van der Waals surface area contributed by atoms with Crippen LogP contribution in [-0.2, 0) is 0 Å². The van der Waals surface area contributed by atoms with Crippen LogP contribution in [0.2, 0.25) is 39.3 Å². The molecule has 0 saturated heterocycles. The summed E-state index contributed by atoms with van der Waals surface area (Å²) in [4.78, 5) is 0. The van der Waals surface area contributed by atoms with Crippen molar-refractivity contribution in [3.8, 4) is 23.0 Å². The highest BCUT2D eigenvalue weighted by Gasteiger charge is 2.18. The molecule has 0 unspecified atom stereocenters. The summed E-state index contributed by atoms with van der Waals surface area (Å²) in [7, 11) is -1.40. The minimum atomic E-state index is -1.49. The second-order valence-corrected chi connectivity index (χ2v) is 16.5. The zero-order valence-electron chi connectivity index (χ0n) is 16.3. The molecule has 0 fully saturated rings. The van der Waals surface area contributed by atoms with Crippen LogP contribution in [0, 0.1) is 0 Å². The second-order valence-electron chi connectivity index (χ2n) is 7.60. The molecular weight excluding hydrogens is 360 g/mol. The van der Waals surface area contributed by atoms with E-state index >= 15 is 0 Å². The molecule has 0 amide bonds. The van der Waals surface area contributed by atoms with Crippen LogP contribution < -0.4 is 13.6 Å². The normalized spacial score (nSPS) is 10.7. The second kappa shape index (κ2) is 10.3. The molecule has 2 rings (SSSR count). The van der Waals surface area contributed by atoms with Crippen LogP contribution in [0.4, 0.5) is 0 Å². The monoisotopic (exact) mass is 394 g/mol. The molecule has 0 spiro atoms. The van der Waals surface area contributed by atoms with E-state index in [9.17, 15) is 0 Å². The quantitative estimate of drug-likeness (QED) is 0.618. The SMILES string of the molecule is C.COc1ccc(O)cc1.C[Si](C)(C)Oc1ccc(O[Si](C)(C)C)cc1. The Hall–Kier alpha value is -1.93. The van der Waals surface area contributed by atoms with Crippen LogP contribution in [-0.4, -0.2) is 28.9 Å². The number of phenols is 1. The van der Waals surface area contributed by atoms with Crippen molar-refractivity contribution in [2.75, 3.05) is 7.11 Å². The number of phenolic OH excluding ortho intramolecular Hbond substituents is 1. The van der Waals surface area contributed by atoms with Gasteiger partial charge in [0.1, 0.15) is 23.0 Å². The smallest absolute Gasteiger partial charge is 0.242 e. The average molecular weight is 395 g/mol. The number of methoxy groups -OCH3 is 1. The number of benzene rings is 2. The van der Waals surface area contributed by atoms with Gasteiger partial charge in [0.05, 0.1) is 7.11 Å². The first-order valence-corrected chi connectivity index (χ1v) is 15.1. The van der Waals surface area contributed by atoms with Crippen LogP contribution >= 0.6 is 0 Å². The Balaban J connectivity index is 0.000000532. The van der Waals surface area contributed by atoms with Crippen molar-refractivity contribution in [3.05, 3.63) is 48.5 Å². The third-order valence-corrected chi connectivity index (χ3v) is 4.44. The molecule has 0 aromatic heterocycles.